The van der Waals surface area contributed by atoms with Gasteiger partial charge in [0.1, 0.15) is 5.52 Å². The quantitative estimate of drug-likeness (QED) is 0.362. The highest BCUT2D eigenvalue weighted by molar-refractivity contribution is 7.99. The van der Waals surface area contributed by atoms with E-state index in [9.17, 15) is 9.59 Å². The molecule has 3 heterocycles. The third-order valence-electron chi connectivity index (χ3n) is 5.16. The van der Waals surface area contributed by atoms with Crippen molar-refractivity contribution in [2.45, 2.75) is 19.0 Å². The normalized spacial score (nSPS) is 11.1. The van der Waals surface area contributed by atoms with Crippen LogP contribution in [-0.4, -0.2) is 41.8 Å². The Morgan fingerprint density at radius 3 is 2.35 bits per heavy atom. The van der Waals surface area contributed by atoms with Gasteiger partial charge in [0.15, 0.2) is 10.8 Å². The third-order valence-corrected chi connectivity index (χ3v) is 6.10. The molecule has 5 rings (SSSR count). The van der Waals surface area contributed by atoms with Gasteiger partial charge in [-0.1, -0.05) is 41.6 Å². The van der Waals surface area contributed by atoms with E-state index in [1.807, 2.05) is 35.0 Å². The van der Waals surface area contributed by atoms with E-state index in [1.54, 1.807) is 28.8 Å². The molecule has 170 valence electrons. The van der Waals surface area contributed by atoms with Gasteiger partial charge < -0.3 is 10.6 Å². The van der Waals surface area contributed by atoms with Crippen LogP contribution in [0.4, 0.5) is 11.4 Å². The zero-order valence-corrected chi connectivity index (χ0v) is 19.3. The minimum atomic E-state index is -0.166. The summed E-state index contributed by atoms with van der Waals surface area (Å²) in [4.78, 5) is 23.5. The molecule has 5 aromatic rings. The van der Waals surface area contributed by atoms with Crippen molar-refractivity contribution in [3.8, 4) is 11.3 Å². The lowest BCUT2D eigenvalue weighted by molar-refractivity contribution is -0.114. The molecule has 0 saturated heterocycles. The van der Waals surface area contributed by atoms with Gasteiger partial charge in [-0.15, -0.1) is 10.2 Å². The summed E-state index contributed by atoms with van der Waals surface area (Å²) < 4.78 is 3.64. The molecule has 0 saturated carbocycles. The average Bonchev–Trinajstić information content (AvgIpc) is 3.43. The summed E-state index contributed by atoms with van der Waals surface area (Å²) in [5, 5.41) is 19.4. The molecule has 34 heavy (non-hydrogen) atoms. The van der Waals surface area contributed by atoms with Crippen molar-refractivity contribution in [3.63, 3.8) is 0 Å². The predicted octanol–water partition coefficient (Wildman–Crippen LogP) is 4.04. The summed E-state index contributed by atoms with van der Waals surface area (Å²) >= 11 is 1.30. The molecule has 0 fully saturated rings. The molecular weight excluding hydrogens is 450 g/mol. The van der Waals surface area contributed by atoms with Crippen molar-refractivity contribution in [2.24, 2.45) is 0 Å². The number of carbonyl (C=O) groups excluding carboxylic acids is 2. The van der Waals surface area contributed by atoms with E-state index in [4.69, 9.17) is 0 Å². The fourth-order valence-corrected chi connectivity index (χ4v) is 4.24. The van der Waals surface area contributed by atoms with Gasteiger partial charge in [-0.2, -0.15) is 5.10 Å². The minimum Gasteiger partial charge on any atom is -0.326 e. The molecule has 0 atom stereocenters. The Bertz CT molecular complexity index is 1500. The fourth-order valence-electron chi connectivity index (χ4n) is 3.52. The van der Waals surface area contributed by atoms with Crippen LogP contribution in [0.3, 0.4) is 0 Å². The molecule has 0 bridgehead atoms. The van der Waals surface area contributed by atoms with Gasteiger partial charge >= 0.3 is 0 Å². The Morgan fingerprint density at radius 1 is 0.941 bits per heavy atom. The Labute approximate surface area is 199 Å². The number of nitrogens with zero attached hydrogens (tertiary/aromatic N) is 5. The Morgan fingerprint density at radius 2 is 1.65 bits per heavy atom. The van der Waals surface area contributed by atoms with E-state index < -0.39 is 0 Å². The molecule has 0 aliphatic carbocycles. The number of fused-ring (bicyclic) bond motifs is 3. The number of hydrogen-bond donors (Lipinski definition) is 2. The first kappa shape index (κ1) is 21.7. The van der Waals surface area contributed by atoms with Crippen LogP contribution in [0.15, 0.2) is 72.1 Å². The SMILES string of the molecule is CC(=O)Nc1ccc(NC(=O)CSc2nnc3c4cc(-c5ccc(C)cc5)nn4ccn23)cc1. The van der Waals surface area contributed by atoms with Crippen LogP contribution >= 0.6 is 11.8 Å². The van der Waals surface area contributed by atoms with Crippen molar-refractivity contribution in [1.29, 1.82) is 0 Å². The highest BCUT2D eigenvalue weighted by atomic mass is 32.2. The van der Waals surface area contributed by atoms with Crippen molar-refractivity contribution >= 4 is 46.1 Å². The second-order valence-electron chi connectivity index (χ2n) is 7.80. The van der Waals surface area contributed by atoms with E-state index in [0.717, 1.165) is 16.8 Å². The van der Waals surface area contributed by atoms with Crippen LogP contribution in [0.5, 0.6) is 0 Å². The number of thioether (sulfide) groups is 1. The lowest BCUT2D eigenvalue weighted by Crippen LogP contribution is -2.14. The van der Waals surface area contributed by atoms with Crippen molar-refractivity contribution in [2.75, 3.05) is 16.4 Å². The summed E-state index contributed by atoms with van der Waals surface area (Å²) in [6.45, 7) is 3.50. The summed E-state index contributed by atoms with van der Waals surface area (Å²) in [5.41, 5.74) is 5.91. The highest BCUT2D eigenvalue weighted by Gasteiger charge is 2.14. The summed E-state index contributed by atoms with van der Waals surface area (Å²) in [6.07, 6.45) is 3.69. The lowest BCUT2D eigenvalue weighted by Gasteiger charge is -2.06. The molecule has 0 aliphatic heterocycles. The van der Waals surface area contributed by atoms with Gasteiger partial charge in [-0.05, 0) is 37.3 Å². The molecule has 10 heteroatoms. The molecule has 3 aromatic heterocycles. The van der Waals surface area contributed by atoms with Crippen LogP contribution in [0.2, 0.25) is 0 Å². The standard InChI is InChI=1S/C24H21N7O2S/c1-15-3-5-17(6-4-15)20-13-21-23-27-28-24(30(23)11-12-31(21)29-20)34-14-22(33)26-19-9-7-18(8-10-19)25-16(2)32/h3-13H,14H2,1-2H3,(H,25,32)(H,26,33). The largest absolute Gasteiger partial charge is 0.326 e. The molecule has 2 aromatic carbocycles. The topological polar surface area (TPSA) is 106 Å². The Hall–Kier alpha value is -4.18. The minimum absolute atomic E-state index is 0.145. The van der Waals surface area contributed by atoms with Gasteiger partial charge in [0.05, 0.1) is 11.4 Å². The van der Waals surface area contributed by atoms with Crippen LogP contribution in [0.25, 0.3) is 22.4 Å². The summed E-state index contributed by atoms with van der Waals surface area (Å²) in [7, 11) is 0. The Balaban J connectivity index is 1.29. The summed E-state index contributed by atoms with van der Waals surface area (Å²) in [5.74, 6) is -0.137. The molecule has 0 radical (unpaired) electrons. The molecule has 0 unspecified atom stereocenters. The molecular formula is C24H21N7O2S. The van der Waals surface area contributed by atoms with Crippen molar-refractivity contribution in [3.05, 3.63) is 72.6 Å². The van der Waals surface area contributed by atoms with E-state index >= 15 is 0 Å². The maximum atomic E-state index is 12.4. The number of carbonyl (C=O) groups is 2. The van der Waals surface area contributed by atoms with Crippen LogP contribution < -0.4 is 10.6 Å². The predicted molar refractivity (Wildman–Crippen MR) is 132 cm³/mol. The third kappa shape index (κ3) is 4.48. The maximum absolute atomic E-state index is 12.4. The van der Waals surface area contributed by atoms with E-state index in [1.165, 1.54) is 24.2 Å². The molecule has 2 N–H and O–H groups in total. The second-order valence-corrected chi connectivity index (χ2v) is 8.74. The molecule has 0 aliphatic rings. The molecule has 9 nitrogen and oxygen atoms in total. The average molecular weight is 472 g/mol. The van der Waals surface area contributed by atoms with Crippen LogP contribution in [0.1, 0.15) is 12.5 Å². The number of rotatable bonds is 6. The van der Waals surface area contributed by atoms with Gasteiger partial charge in [0.25, 0.3) is 0 Å². The van der Waals surface area contributed by atoms with E-state index in [2.05, 4.69) is 45.0 Å². The van der Waals surface area contributed by atoms with E-state index in [0.29, 0.717) is 22.2 Å². The smallest absolute Gasteiger partial charge is 0.234 e. The number of aromatic nitrogens is 5. The summed E-state index contributed by atoms with van der Waals surface area (Å²) in [6, 6.07) is 17.1. The monoisotopic (exact) mass is 471 g/mol. The first-order valence-electron chi connectivity index (χ1n) is 10.6. The lowest BCUT2D eigenvalue weighted by atomic mass is 10.1. The number of nitrogens with one attached hydrogen (secondary N) is 2. The first-order chi connectivity index (χ1) is 16.5. The van der Waals surface area contributed by atoms with Gasteiger partial charge in [0.2, 0.25) is 11.8 Å². The Kier molecular flexibility index (Phi) is 5.72. The fraction of sp³-hybridized carbons (Fsp3) is 0.125. The number of anilines is 2. The van der Waals surface area contributed by atoms with E-state index in [-0.39, 0.29) is 17.6 Å². The maximum Gasteiger partial charge on any atom is 0.234 e. The number of benzene rings is 2. The van der Waals surface area contributed by atoms with Gasteiger partial charge in [-0.3, -0.25) is 14.0 Å². The zero-order chi connectivity index (χ0) is 23.7. The molecule has 2 amide bonds. The molecule has 0 spiro atoms. The highest BCUT2D eigenvalue weighted by Crippen LogP contribution is 2.24. The second kappa shape index (κ2) is 8.99. The first-order valence-corrected chi connectivity index (χ1v) is 11.6. The number of aryl methyl sites for hydroxylation is 1. The van der Waals surface area contributed by atoms with Crippen molar-refractivity contribution < 1.29 is 9.59 Å². The van der Waals surface area contributed by atoms with Crippen LogP contribution in [0, 0.1) is 6.92 Å². The van der Waals surface area contributed by atoms with Gasteiger partial charge in [0, 0.05) is 36.3 Å². The van der Waals surface area contributed by atoms with Crippen molar-refractivity contribution in [1.82, 2.24) is 24.2 Å². The zero-order valence-electron chi connectivity index (χ0n) is 18.5. The number of hydrogen-bond acceptors (Lipinski definition) is 6. The number of amides is 2. The van der Waals surface area contributed by atoms with Gasteiger partial charge in [-0.25, -0.2) is 4.52 Å². The van der Waals surface area contributed by atoms with Crippen LogP contribution in [-0.2, 0) is 9.59 Å².